The van der Waals surface area contributed by atoms with Gasteiger partial charge >= 0.3 is 0 Å². The van der Waals surface area contributed by atoms with E-state index < -0.39 is 0 Å². The Balaban J connectivity index is 3.03. The maximum atomic E-state index is 8.65. The summed E-state index contributed by atoms with van der Waals surface area (Å²) in [6, 6.07) is 2.13. The van der Waals surface area contributed by atoms with Crippen molar-refractivity contribution in [2.75, 3.05) is 19.7 Å². The van der Waals surface area contributed by atoms with E-state index in [9.17, 15) is 0 Å². The lowest BCUT2D eigenvalue weighted by Gasteiger charge is -2.10. The Labute approximate surface area is 80.8 Å². The van der Waals surface area contributed by atoms with E-state index >= 15 is 0 Å². The largest absolute Gasteiger partial charge is 0.396 e. The van der Waals surface area contributed by atoms with Crippen LogP contribution in [0, 0.1) is 17.2 Å². The van der Waals surface area contributed by atoms with Gasteiger partial charge in [0, 0.05) is 13.0 Å². The fourth-order valence-corrected chi connectivity index (χ4v) is 1.12. The minimum atomic E-state index is 0.275. The molecule has 0 amide bonds. The summed E-state index contributed by atoms with van der Waals surface area (Å²) in [6.07, 6.45) is 3.58. The molecule has 0 aromatic rings. The average Bonchev–Trinajstić information content (AvgIpc) is 2.11. The van der Waals surface area contributed by atoms with Crippen LogP contribution in [-0.4, -0.2) is 24.8 Å². The van der Waals surface area contributed by atoms with Crippen LogP contribution >= 0.6 is 0 Å². The van der Waals surface area contributed by atoms with Gasteiger partial charge in [0.1, 0.15) is 0 Å². The molecule has 3 heteroatoms. The molecule has 76 valence electrons. The summed E-state index contributed by atoms with van der Waals surface area (Å²) in [7, 11) is 0. The SMILES string of the molecule is CC(CCO)CNCCCCC#N. The van der Waals surface area contributed by atoms with E-state index in [1.165, 1.54) is 0 Å². The molecule has 0 bridgehead atoms. The molecule has 1 unspecified atom stereocenters. The summed E-state index contributed by atoms with van der Waals surface area (Å²) in [5.74, 6) is 0.543. The topological polar surface area (TPSA) is 56.0 Å². The first-order valence-corrected chi connectivity index (χ1v) is 4.99. The standard InChI is InChI=1S/C10H20N2O/c1-10(5-8-13)9-12-7-4-2-3-6-11/h10,12-13H,2-5,7-9H2,1H3. The van der Waals surface area contributed by atoms with Gasteiger partial charge in [0.15, 0.2) is 0 Å². The van der Waals surface area contributed by atoms with Crippen molar-refractivity contribution in [2.45, 2.75) is 32.6 Å². The molecule has 0 spiro atoms. The second-order valence-corrected chi connectivity index (χ2v) is 3.44. The number of unbranched alkanes of at least 4 members (excludes halogenated alkanes) is 2. The summed E-state index contributed by atoms with van der Waals surface area (Å²) in [4.78, 5) is 0. The zero-order valence-corrected chi connectivity index (χ0v) is 8.42. The van der Waals surface area contributed by atoms with Crippen LogP contribution in [-0.2, 0) is 0 Å². The van der Waals surface area contributed by atoms with Gasteiger partial charge in [-0.2, -0.15) is 5.26 Å². The first kappa shape index (κ1) is 12.4. The van der Waals surface area contributed by atoms with Crippen molar-refractivity contribution in [1.29, 1.82) is 5.26 Å². The van der Waals surface area contributed by atoms with E-state index in [0.29, 0.717) is 12.3 Å². The third kappa shape index (κ3) is 9.32. The molecule has 0 saturated heterocycles. The van der Waals surface area contributed by atoms with E-state index in [1.807, 2.05) is 0 Å². The van der Waals surface area contributed by atoms with E-state index in [-0.39, 0.29) is 6.61 Å². The molecule has 3 nitrogen and oxygen atoms in total. The Morgan fingerprint density at radius 3 is 2.85 bits per heavy atom. The predicted octanol–water partition coefficient (Wildman–Crippen LogP) is 1.29. The van der Waals surface area contributed by atoms with Crippen molar-refractivity contribution in [2.24, 2.45) is 5.92 Å². The van der Waals surface area contributed by atoms with Crippen LogP contribution in [0.4, 0.5) is 0 Å². The van der Waals surface area contributed by atoms with Crippen LogP contribution in [0.2, 0.25) is 0 Å². The van der Waals surface area contributed by atoms with Crippen molar-refractivity contribution in [3.05, 3.63) is 0 Å². The quantitative estimate of drug-likeness (QED) is 0.559. The summed E-state index contributed by atoms with van der Waals surface area (Å²) >= 11 is 0. The molecule has 0 heterocycles. The van der Waals surface area contributed by atoms with Crippen molar-refractivity contribution in [3.63, 3.8) is 0 Å². The van der Waals surface area contributed by atoms with Gasteiger partial charge < -0.3 is 10.4 Å². The lowest BCUT2D eigenvalue weighted by Crippen LogP contribution is -2.22. The van der Waals surface area contributed by atoms with Gasteiger partial charge in [-0.25, -0.2) is 0 Å². The molecule has 0 radical (unpaired) electrons. The first-order chi connectivity index (χ1) is 6.31. The molecular formula is C10H20N2O. The summed E-state index contributed by atoms with van der Waals surface area (Å²) in [5.41, 5.74) is 0. The van der Waals surface area contributed by atoms with Crippen molar-refractivity contribution in [3.8, 4) is 6.07 Å². The molecule has 13 heavy (non-hydrogen) atoms. The lowest BCUT2D eigenvalue weighted by atomic mass is 10.1. The van der Waals surface area contributed by atoms with E-state index in [0.717, 1.165) is 32.4 Å². The van der Waals surface area contributed by atoms with Crippen molar-refractivity contribution >= 4 is 0 Å². The smallest absolute Gasteiger partial charge is 0.0621 e. The van der Waals surface area contributed by atoms with Crippen molar-refractivity contribution < 1.29 is 5.11 Å². The fourth-order valence-electron chi connectivity index (χ4n) is 1.12. The van der Waals surface area contributed by atoms with E-state index in [4.69, 9.17) is 10.4 Å². The van der Waals surface area contributed by atoms with Crippen molar-refractivity contribution in [1.82, 2.24) is 5.32 Å². The minimum absolute atomic E-state index is 0.275. The number of hydrogen-bond acceptors (Lipinski definition) is 3. The van der Waals surface area contributed by atoms with Gasteiger partial charge in [-0.05, 0) is 38.3 Å². The zero-order valence-electron chi connectivity index (χ0n) is 8.42. The molecule has 0 aliphatic heterocycles. The highest BCUT2D eigenvalue weighted by Gasteiger charge is 1.99. The average molecular weight is 184 g/mol. The normalized spacial score (nSPS) is 12.4. The van der Waals surface area contributed by atoms with Gasteiger partial charge in [-0.3, -0.25) is 0 Å². The number of rotatable bonds is 8. The predicted molar refractivity (Wildman–Crippen MR) is 53.2 cm³/mol. The number of nitrogens with one attached hydrogen (secondary N) is 1. The van der Waals surface area contributed by atoms with E-state index in [1.54, 1.807) is 0 Å². The summed E-state index contributed by atoms with van der Waals surface area (Å²) < 4.78 is 0. The third-order valence-corrected chi connectivity index (χ3v) is 2.01. The van der Waals surface area contributed by atoms with Crippen LogP contribution < -0.4 is 5.32 Å². The highest BCUT2D eigenvalue weighted by molar-refractivity contribution is 4.68. The molecule has 2 N–H and O–H groups in total. The number of aliphatic hydroxyl groups is 1. The highest BCUT2D eigenvalue weighted by atomic mass is 16.3. The highest BCUT2D eigenvalue weighted by Crippen LogP contribution is 1.98. The number of nitriles is 1. The maximum Gasteiger partial charge on any atom is 0.0621 e. The Morgan fingerprint density at radius 2 is 2.23 bits per heavy atom. The molecule has 0 aliphatic rings. The molecule has 0 aromatic carbocycles. The molecule has 1 atom stereocenters. The Kier molecular flexibility index (Phi) is 9.07. The first-order valence-electron chi connectivity index (χ1n) is 4.99. The van der Waals surface area contributed by atoms with Crippen LogP contribution in [0.3, 0.4) is 0 Å². The molecule has 0 fully saturated rings. The molecule has 0 aromatic heterocycles. The Morgan fingerprint density at radius 1 is 1.46 bits per heavy atom. The fraction of sp³-hybridized carbons (Fsp3) is 0.900. The molecule has 0 rings (SSSR count). The van der Waals surface area contributed by atoms with E-state index in [2.05, 4.69) is 18.3 Å². The van der Waals surface area contributed by atoms with Gasteiger partial charge in [0.2, 0.25) is 0 Å². The lowest BCUT2D eigenvalue weighted by molar-refractivity contribution is 0.260. The number of aliphatic hydroxyl groups excluding tert-OH is 1. The van der Waals surface area contributed by atoms with Gasteiger partial charge in [-0.1, -0.05) is 6.92 Å². The van der Waals surface area contributed by atoms with Crippen LogP contribution in [0.25, 0.3) is 0 Å². The second-order valence-electron chi connectivity index (χ2n) is 3.44. The molecule has 0 saturated carbocycles. The van der Waals surface area contributed by atoms with Gasteiger partial charge in [-0.15, -0.1) is 0 Å². The third-order valence-electron chi connectivity index (χ3n) is 2.01. The Bertz CT molecular complexity index is 142. The summed E-state index contributed by atoms with van der Waals surface area (Å²) in [6.45, 7) is 4.35. The minimum Gasteiger partial charge on any atom is -0.396 e. The Hall–Kier alpha value is -0.590. The van der Waals surface area contributed by atoms with Gasteiger partial charge in [0.25, 0.3) is 0 Å². The van der Waals surface area contributed by atoms with Crippen LogP contribution in [0.5, 0.6) is 0 Å². The van der Waals surface area contributed by atoms with Crippen LogP contribution in [0.15, 0.2) is 0 Å². The zero-order chi connectivity index (χ0) is 9.94. The molecular weight excluding hydrogens is 164 g/mol. The molecule has 0 aliphatic carbocycles. The summed E-state index contributed by atoms with van der Waals surface area (Å²) in [5, 5.41) is 20.2. The maximum absolute atomic E-state index is 8.65. The monoisotopic (exact) mass is 184 g/mol. The van der Waals surface area contributed by atoms with Crippen LogP contribution in [0.1, 0.15) is 32.6 Å². The van der Waals surface area contributed by atoms with Gasteiger partial charge in [0.05, 0.1) is 6.07 Å². The number of nitrogens with zero attached hydrogens (tertiary/aromatic N) is 1. The number of hydrogen-bond donors (Lipinski definition) is 2. The second kappa shape index (κ2) is 9.50.